The van der Waals surface area contributed by atoms with E-state index in [2.05, 4.69) is 30.2 Å². The Labute approximate surface area is 227 Å². The minimum Gasteiger partial charge on any atom is -0.497 e. The van der Waals surface area contributed by atoms with E-state index in [0.717, 1.165) is 6.42 Å². The second-order valence-electron chi connectivity index (χ2n) is 7.26. The molecule has 1 aromatic carbocycles. The SMILES string of the molecule is C=C.C=CC.C=O.CCOC(=O)C1C2CCC(C(=O)OCOC(=O)c3ccc(OC)cc3)C21.CN.COC. The van der Waals surface area contributed by atoms with E-state index >= 15 is 0 Å². The van der Waals surface area contributed by atoms with Crippen LogP contribution in [-0.4, -0.2) is 66.5 Å². The second-order valence-corrected chi connectivity index (χ2v) is 7.26. The van der Waals surface area contributed by atoms with Crippen molar-refractivity contribution < 1.29 is 42.9 Å². The second kappa shape index (κ2) is 25.2. The van der Waals surface area contributed by atoms with Crippen molar-refractivity contribution in [1.82, 2.24) is 0 Å². The number of rotatable bonds is 7. The molecule has 2 N–H and O–H groups in total. The topological polar surface area (TPSA) is 140 Å². The average molecular weight is 540 g/mol. The van der Waals surface area contributed by atoms with E-state index in [9.17, 15) is 14.4 Å². The van der Waals surface area contributed by atoms with Gasteiger partial charge in [-0.1, -0.05) is 6.08 Å². The van der Waals surface area contributed by atoms with Gasteiger partial charge < -0.3 is 34.2 Å². The lowest BCUT2D eigenvalue weighted by Gasteiger charge is -2.13. The first-order valence-electron chi connectivity index (χ1n) is 11.9. The minimum atomic E-state index is -0.583. The Morgan fingerprint density at radius 1 is 0.947 bits per heavy atom. The van der Waals surface area contributed by atoms with Gasteiger partial charge in [-0.3, -0.25) is 9.59 Å². The number of hydrogen-bond donors (Lipinski definition) is 1. The summed E-state index contributed by atoms with van der Waals surface area (Å²) in [5.41, 5.74) is 4.84. The van der Waals surface area contributed by atoms with Crippen molar-refractivity contribution in [3.05, 3.63) is 55.6 Å². The van der Waals surface area contributed by atoms with E-state index in [0.29, 0.717) is 24.3 Å². The molecular formula is C28H45NO9. The number of methoxy groups -OCH3 is 2. The van der Waals surface area contributed by atoms with Crippen LogP contribution in [0, 0.1) is 23.7 Å². The molecular weight excluding hydrogens is 494 g/mol. The number of carbonyl (C=O) groups excluding carboxylic acids is 4. The van der Waals surface area contributed by atoms with Crippen LogP contribution in [-0.2, 0) is 33.3 Å². The molecule has 0 spiro atoms. The number of esters is 3. The van der Waals surface area contributed by atoms with Gasteiger partial charge in [-0.15, -0.1) is 19.7 Å². The Kier molecular flexibility index (Phi) is 25.8. The fourth-order valence-electron chi connectivity index (χ4n) is 3.79. The molecule has 2 saturated carbocycles. The summed E-state index contributed by atoms with van der Waals surface area (Å²) < 4.78 is 24.4. The first kappa shape index (κ1) is 39.0. The first-order chi connectivity index (χ1) is 18.4. The van der Waals surface area contributed by atoms with E-state index in [-0.39, 0.29) is 29.6 Å². The Morgan fingerprint density at radius 2 is 1.45 bits per heavy atom. The molecule has 0 aromatic heterocycles. The van der Waals surface area contributed by atoms with Crippen LogP contribution >= 0.6 is 0 Å². The summed E-state index contributed by atoms with van der Waals surface area (Å²) in [4.78, 5) is 44.0. The highest BCUT2D eigenvalue weighted by Gasteiger charge is 2.64. The lowest BCUT2D eigenvalue weighted by Crippen LogP contribution is -2.23. The van der Waals surface area contributed by atoms with Crippen molar-refractivity contribution in [3.8, 4) is 5.75 Å². The number of hydrogen-bond acceptors (Lipinski definition) is 10. The van der Waals surface area contributed by atoms with Crippen molar-refractivity contribution in [1.29, 1.82) is 0 Å². The summed E-state index contributed by atoms with van der Waals surface area (Å²) in [6, 6.07) is 6.42. The molecule has 0 bridgehead atoms. The highest BCUT2D eigenvalue weighted by molar-refractivity contribution is 5.89. The maximum absolute atomic E-state index is 12.2. The molecule has 2 fully saturated rings. The molecule has 0 aliphatic heterocycles. The number of allylic oxidation sites excluding steroid dienone is 1. The number of fused-ring (bicyclic) bond motifs is 1. The van der Waals surface area contributed by atoms with Crippen LogP contribution in [0.3, 0.4) is 0 Å². The summed E-state index contributed by atoms with van der Waals surface area (Å²) in [5.74, 6) is -0.910. The van der Waals surface area contributed by atoms with Crippen LogP contribution < -0.4 is 10.5 Å². The van der Waals surface area contributed by atoms with Crippen molar-refractivity contribution >= 4 is 24.7 Å². The van der Waals surface area contributed by atoms with Crippen LogP contribution in [0.2, 0.25) is 0 Å². The number of carbonyl (C=O) groups is 4. The molecule has 10 nitrogen and oxygen atoms in total. The fraction of sp³-hybridized carbons (Fsp3) is 0.500. The summed E-state index contributed by atoms with van der Waals surface area (Å²) in [5, 5.41) is 0. The monoisotopic (exact) mass is 539 g/mol. The first-order valence-corrected chi connectivity index (χ1v) is 11.9. The Balaban J connectivity index is -0.000000886. The van der Waals surface area contributed by atoms with E-state index in [1.165, 1.54) is 14.2 Å². The molecule has 10 heteroatoms. The van der Waals surface area contributed by atoms with Gasteiger partial charge in [0.2, 0.25) is 6.79 Å². The van der Waals surface area contributed by atoms with Gasteiger partial charge in [0, 0.05) is 14.2 Å². The predicted octanol–water partition coefficient (Wildman–Crippen LogP) is 3.84. The third-order valence-electron chi connectivity index (χ3n) is 5.08. The molecule has 216 valence electrons. The Morgan fingerprint density at radius 3 is 1.89 bits per heavy atom. The molecule has 38 heavy (non-hydrogen) atoms. The Hall–Kier alpha value is -3.50. The zero-order chi connectivity index (χ0) is 30.1. The Bertz CT molecular complexity index is 781. The highest BCUT2D eigenvalue weighted by Crippen LogP contribution is 2.61. The van der Waals surface area contributed by atoms with E-state index < -0.39 is 18.7 Å². The van der Waals surface area contributed by atoms with Crippen molar-refractivity contribution in [2.24, 2.45) is 29.4 Å². The lowest BCUT2D eigenvalue weighted by atomic mass is 10.0. The van der Waals surface area contributed by atoms with Gasteiger partial charge in [0.25, 0.3) is 0 Å². The van der Waals surface area contributed by atoms with E-state index in [1.807, 2.05) is 13.7 Å². The molecule has 0 amide bonds. The van der Waals surface area contributed by atoms with Gasteiger partial charge in [0.05, 0.1) is 31.1 Å². The van der Waals surface area contributed by atoms with Crippen LogP contribution in [0.4, 0.5) is 0 Å². The molecule has 4 unspecified atom stereocenters. The maximum atomic E-state index is 12.2. The molecule has 0 heterocycles. The van der Waals surface area contributed by atoms with E-state index in [4.69, 9.17) is 23.7 Å². The molecule has 4 atom stereocenters. The van der Waals surface area contributed by atoms with Crippen LogP contribution in [0.25, 0.3) is 0 Å². The van der Waals surface area contributed by atoms with Crippen molar-refractivity contribution in [2.45, 2.75) is 26.7 Å². The fourth-order valence-corrected chi connectivity index (χ4v) is 3.79. The van der Waals surface area contributed by atoms with Gasteiger partial charge in [-0.2, -0.15) is 0 Å². The zero-order valence-electron chi connectivity index (χ0n) is 23.6. The van der Waals surface area contributed by atoms with Gasteiger partial charge >= 0.3 is 17.9 Å². The smallest absolute Gasteiger partial charge is 0.341 e. The quantitative estimate of drug-likeness (QED) is 0.309. The van der Waals surface area contributed by atoms with Crippen LogP contribution in [0.5, 0.6) is 5.75 Å². The molecule has 3 rings (SSSR count). The maximum Gasteiger partial charge on any atom is 0.341 e. The van der Waals surface area contributed by atoms with Crippen LogP contribution in [0.1, 0.15) is 37.0 Å². The molecule has 1 aromatic rings. The standard InChI is InChI=1S/C19H22O7.C3H6.C2H6O.C2H4.CH5N.CH2O/c1-3-24-19(22)16-13-8-9-14(15(13)16)18(21)26-10-25-17(20)11-4-6-12(23-2)7-5-11;2*1-3-2;3*1-2/h4-7,13-16H,3,8-10H2,1-2H3;3H,1H2,2H3;1-2H3;1-2H2;2H2,1H3;1H2. The average Bonchev–Trinajstić information content (AvgIpc) is 3.51. The van der Waals surface area contributed by atoms with Gasteiger partial charge in [0.15, 0.2) is 0 Å². The third-order valence-corrected chi connectivity index (χ3v) is 5.08. The predicted molar refractivity (Wildman–Crippen MR) is 146 cm³/mol. The molecule has 2 aliphatic rings. The largest absolute Gasteiger partial charge is 0.497 e. The summed E-state index contributed by atoms with van der Waals surface area (Å²) in [6.45, 7) is 14.9. The lowest BCUT2D eigenvalue weighted by molar-refractivity contribution is -0.158. The van der Waals surface area contributed by atoms with Crippen LogP contribution in [0.15, 0.2) is 50.1 Å². The molecule has 0 saturated heterocycles. The van der Waals surface area contributed by atoms with Gasteiger partial charge in [-0.05, 0) is 69.8 Å². The zero-order valence-corrected chi connectivity index (χ0v) is 23.6. The van der Waals surface area contributed by atoms with E-state index in [1.54, 1.807) is 51.5 Å². The normalized spacial score (nSPS) is 18.8. The third kappa shape index (κ3) is 13.7. The number of benzene rings is 1. The molecule has 0 radical (unpaired) electrons. The number of nitrogens with two attached hydrogens (primary N) is 1. The van der Waals surface area contributed by atoms with Crippen molar-refractivity contribution in [2.75, 3.05) is 41.8 Å². The summed E-state index contributed by atoms with van der Waals surface area (Å²) in [6.07, 6.45) is 3.26. The molecule has 2 aliphatic carbocycles. The number of ether oxygens (including phenoxy) is 5. The van der Waals surface area contributed by atoms with Gasteiger partial charge in [0.1, 0.15) is 12.5 Å². The highest BCUT2D eigenvalue weighted by atomic mass is 16.7. The van der Waals surface area contributed by atoms with Gasteiger partial charge in [-0.25, -0.2) is 4.79 Å². The van der Waals surface area contributed by atoms with Crippen molar-refractivity contribution in [3.63, 3.8) is 0 Å². The minimum absolute atomic E-state index is 0.00107. The summed E-state index contributed by atoms with van der Waals surface area (Å²) >= 11 is 0. The summed E-state index contributed by atoms with van der Waals surface area (Å²) in [7, 11) is 6.28.